The van der Waals surface area contributed by atoms with E-state index in [1.807, 2.05) is 44.7 Å². The fourth-order valence-corrected chi connectivity index (χ4v) is 3.95. The van der Waals surface area contributed by atoms with Crippen LogP contribution in [0, 0.1) is 12.7 Å². The molecule has 0 unspecified atom stereocenters. The van der Waals surface area contributed by atoms with Crippen LogP contribution in [0.25, 0.3) is 0 Å². The van der Waals surface area contributed by atoms with Crippen molar-refractivity contribution in [2.24, 2.45) is 0 Å². The van der Waals surface area contributed by atoms with E-state index in [0.717, 1.165) is 11.5 Å². The summed E-state index contributed by atoms with van der Waals surface area (Å²) in [6.45, 7) is 10.4. The van der Waals surface area contributed by atoms with E-state index < -0.39 is 11.7 Å². The summed E-state index contributed by atoms with van der Waals surface area (Å²) in [5.74, 6) is -0.358. The third-order valence-corrected chi connectivity index (χ3v) is 5.70. The maximum absolute atomic E-state index is 13.8. The van der Waals surface area contributed by atoms with Gasteiger partial charge in [-0.3, -0.25) is 14.3 Å². The van der Waals surface area contributed by atoms with Crippen LogP contribution in [-0.2, 0) is 5.54 Å². The lowest BCUT2D eigenvalue weighted by Crippen LogP contribution is -2.49. The molecule has 2 aromatic heterocycles. The van der Waals surface area contributed by atoms with E-state index in [0.29, 0.717) is 37.6 Å². The van der Waals surface area contributed by atoms with E-state index in [1.165, 1.54) is 18.2 Å². The van der Waals surface area contributed by atoms with E-state index in [4.69, 9.17) is 0 Å². The standard InChI is InChI=1S/C25H29FN6O2/c1-17-15-21(32(29-17)25(2,3)4)24(34)31-13-11-30(12-14-31)22-10-9-18(16-27-22)28-23(33)19-7-5-6-8-20(19)26/h5-10,15-16H,11-14H2,1-4H3,(H,28,33). The molecule has 1 saturated heterocycles. The molecular weight excluding hydrogens is 435 g/mol. The van der Waals surface area contributed by atoms with Gasteiger partial charge < -0.3 is 15.1 Å². The zero-order chi connectivity index (χ0) is 24.5. The summed E-state index contributed by atoms with van der Waals surface area (Å²) in [6, 6.07) is 11.2. The number of benzene rings is 1. The molecule has 0 atom stereocenters. The van der Waals surface area contributed by atoms with Gasteiger partial charge in [-0.15, -0.1) is 0 Å². The van der Waals surface area contributed by atoms with Crippen LogP contribution in [0.3, 0.4) is 0 Å². The second-order valence-corrected chi connectivity index (χ2v) is 9.37. The summed E-state index contributed by atoms with van der Waals surface area (Å²) in [5, 5.41) is 7.18. The Balaban J connectivity index is 1.37. The average molecular weight is 465 g/mol. The number of halogens is 1. The number of aromatic nitrogens is 3. The minimum atomic E-state index is -0.572. The molecule has 0 radical (unpaired) electrons. The number of hydrogen-bond donors (Lipinski definition) is 1. The zero-order valence-electron chi connectivity index (χ0n) is 19.9. The summed E-state index contributed by atoms with van der Waals surface area (Å²) < 4.78 is 15.6. The molecule has 1 fully saturated rings. The summed E-state index contributed by atoms with van der Waals surface area (Å²) in [6.07, 6.45) is 1.55. The van der Waals surface area contributed by atoms with Crippen LogP contribution in [-0.4, -0.2) is 57.7 Å². The Morgan fingerprint density at radius 3 is 2.35 bits per heavy atom. The van der Waals surface area contributed by atoms with E-state index >= 15 is 0 Å². The number of pyridine rings is 1. The van der Waals surface area contributed by atoms with Crippen molar-refractivity contribution in [3.63, 3.8) is 0 Å². The first-order valence-electron chi connectivity index (χ1n) is 11.3. The highest BCUT2D eigenvalue weighted by Crippen LogP contribution is 2.21. The normalized spacial score (nSPS) is 14.3. The molecule has 8 nitrogen and oxygen atoms in total. The average Bonchev–Trinajstić information content (AvgIpc) is 3.22. The number of nitrogens with one attached hydrogen (secondary N) is 1. The quantitative estimate of drug-likeness (QED) is 0.637. The van der Waals surface area contributed by atoms with Crippen molar-refractivity contribution in [3.05, 3.63) is 71.4 Å². The van der Waals surface area contributed by atoms with Crippen molar-refractivity contribution in [2.75, 3.05) is 36.4 Å². The Morgan fingerprint density at radius 2 is 1.74 bits per heavy atom. The summed E-state index contributed by atoms with van der Waals surface area (Å²) in [5.41, 5.74) is 1.61. The Bertz CT molecular complexity index is 1190. The minimum absolute atomic E-state index is 0.0182. The molecule has 1 aliphatic heterocycles. The van der Waals surface area contributed by atoms with Gasteiger partial charge in [-0.2, -0.15) is 5.10 Å². The molecule has 0 aliphatic carbocycles. The Morgan fingerprint density at radius 1 is 1.03 bits per heavy atom. The van der Waals surface area contributed by atoms with Gasteiger partial charge in [-0.1, -0.05) is 12.1 Å². The van der Waals surface area contributed by atoms with Crippen molar-refractivity contribution < 1.29 is 14.0 Å². The second kappa shape index (κ2) is 9.24. The molecule has 9 heteroatoms. The second-order valence-electron chi connectivity index (χ2n) is 9.37. The van der Waals surface area contributed by atoms with Crippen molar-refractivity contribution >= 4 is 23.3 Å². The molecule has 4 rings (SSSR count). The minimum Gasteiger partial charge on any atom is -0.353 e. The first-order valence-corrected chi connectivity index (χ1v) is 11.3. The lowest BCUT2D eigenvalue weighted by Gasteiger charge is -2.36. The third-order valence-electron chi connectivity index (χ3n) is 5.70. The number of piperazine rings is 1. The lowest BCUT2D eigenvalue weighted by atomic mass is 10.1. The highest BCUT2D eigenvalue weighted by Gasteiger charge is 2.28. The van der Waals surface area contributed by atoms with Crippen LogP contribution in [0.5, 0.6) is 0 Å². The van der Waals surface area contributed by atoms with Gasteiger partial charge in [-0.25, -0.2) is 9.37 Å². The van der Waals surface area contributed by atoms with E-state index in [9.17, 15) is 14.0 Å². The SMILES string of the molecule is Cc1cc(C(=O)N2CCN(c3ccc(NC(=O)c4ccccc4F)cn3)CC2)n(C(C)(C)C)n1. The van der Waals surface area contributed by atoms with Gasteiger partial charge in [0.1, 0.15) is 17.3 Å². The third kappa shape index (κ3) is 4.93. The number of anilines is 2. The number of carbonyl (C=O) groups is 2. The van der Waals surface area contributed by atoms with Crippen LogP contribution >= 0.6 is 0 Å². The van der Waals surface area contributed by atoms with Gasteiger partial charge in [0.15, 0.2) is 0 Å². The van der Waals surface area contributed by atoms with Crippen LogP contribution in [0.2, 0.25) is 0 Å². The van der Waals surface area contributed by atoms with Gasteiger partial charge >= 0.3 is 0 Å². The number of aryl methyl sites for hydroxylation is 1. The first-order chi connectivity index (χ1) is 16.1. The maximum Gasteiger partial charge on any atom is 0.272 e. The lowest BCUT2D eigenvalue weighted by molar-refractivity contribution is 0.0725. The molecule has 3 aromatic rings. The molecule has 3 heterocycles. The Labute approximate surface area is 198 Å². The number of nitrogens with zero attached hydrogens (tertiary/aromatic N) is 5. The van der Waals surface area contributed by atoms with E-state index in [-0.39, 0.29) is 17.0 Å². The number of rotatable bonds is 4. The Hall–Kier alpha value is -3.75. The molecular formula is C25H29FN6O2. The van der Waals surface area contributed by atoms with Crippen molar-refractivity contribution in [2.45, 2.75) is 33.2 Å². The highest BCUT2D eigenvalue weighted by molar-refractivity contribution is 6.04. The molecule has 178 valence electrons. The number of carbonyl (C=O) groups excluding carboxylic acids is 2. The predicted molar refractivity (Wildman–Crippen MR) is 129 cm³/mol. The fraction of sp³-hybridized carbons (Fsp3) is 0.360. The molecule has 0 bridgehead atoms. The van der Waals surface area contributed by atoms with E-state index in [2.05, 4.69) is 20.3 Å². The van der Waals surface area contributed by atoms with Crippen molar-refractivity contribution in [1.82, 2.24) is 19.7 Å². The molecule has 1 aliphatic rings. The first kappa shape index (κ1) is 23.4. The van der Waals surface area contributed by atoms with Crippen molar-refractivity contribution in [1.29, 1.82) is 0 Å². The molecule has 2 amide bonds. The van der Waals surface area contributed by atoms with Gasteiger partial charge in [0, 0.05) is 26.2 Å². The molecule has 0 spiro atoms. The predicted octanol–water partition coefficient (Wildman–Crippen LogP) is 3.70. The van der Waals surface area contributed by atoms with Gasteiger partial charge in [0.2, 0.25) is 0 Å². The van der Waals surface area contributed by atoms with Crippen molar-refractivity contribution in [3.8, 4) is 0 Å². The van der Waals surface area contributed by atoms with Gasteiger partial charge in [0.25, 0.3) is 11.8 Å². The van der Waals surface area contributed by atoms with Gasteiger partial charge in [-0.05, 0) is 58.0 Å². The van der Waals surface area contributed by atoms with Crippen LogP contribution < -0.4 is 10.2 Å². The molecule has 1 aromatic carbocycles. The monoisotopic (exact) mass is 464 g/mol. The largest absolute Gasteiger partial charge is 0.353 e. The molecule has 34 heavy (non-hydrogen) atoms. The molecule has 0 saturated carbocycles. The topological polar surface area (TPSA) is 83.4 Å². The van der Waals surface area contributed by atoms with Gasteiger partial charge in [0.05, 0.1) is 28.7 Å². The number of amides is 2. The number of hydrogen-bond acceptors (Lipinski definition) is 5. The summed E-state index contributed by atoms with van der Waals surface area (Å²) in [7, 11) is 0. The fourth-order valence-electron chi connectivity index (χ4n) is 3.95. The summed E-state index contributed by atoms with van der Waals surface area (Å²) in [4.78, 5) is 33.9. The maximum atomic E-state index is 13.8. The van der Waals surface area contributed by atoms with Crippen LogP contribution in [0.15, 0.2) is 48.7 Å². The molecule has 1 N–H and O–H groups in total. The van der Waals surface area contributed by atoms with Crippen LogP contribution in [0.4, 0.5) is 15.9 Å². The highest BCUT2D eigenvalue weighted by atomic mass is 19.1. The smallest absolute Gasteiger partial charge is 0.272 e. The van der Waals surface area contributed by atoms with E-state index in [1.54, 1.807) is 23.0 Å². The zero-order valence-corrected chi connectivity index (χ0v) is 19.9. The Kier molecular flexibility index (Phi) is 6.37. The van der Waals surface area contributed by atoms with Crippen LogP contribution in [0.1, 0.15) is 47.3 Å². The summed E-state index contributed by atoms with van der Waals surface area (Å²) >= 11 is 0.